The molecular weight excluding hydrogens is 389 g/mol. The number of aromatic nitrogens is 2. The highest BCUT2D eigenvalue weighted by molar-refractivity contribution is 5.96. The monoisotopic (exact) mass is 408 g/mol. The van der Waals surface area contributed by atoms with Crippen LogP contribution in [0.25, 0.3) is 0 Å². The number of carbonyl (C=O) groups is 2. The van der Waals surface area contributed by atoms with E-state index in [1.165, 1.54) is 6.92 Å². The highest BCUT2D eigenvalue weighted by atomic mass is 19.2. The number of rotatable bonds is 4. The van der Waals surface area contributed by atoms with Crippen molar-refractivity contribution in [3.8, 4) is 0 Å². The van der Waals surface area contributed by atoms with Crippen LogP contribution in [0.1, 0.15) is 6.92 Å². The van der Waals surface area contributed by atoms with Crippen LogP contribution in [0, 0.1) is 17.5 Å². The second kappa shape index (κ2) is 8.76. The lowest BCUT2D eigenvalue weighted by Crippen LogP contribution is -2.55. The number of carbonyl (C=O) groups excluding carboxylic acids is 2. The van der Waals surface area contributed by atoms with Gasteiger partial charge in [-0.1, -0.05) is 0 Å². The van der Waals surface area contributed by atoms with Gasteiger partial charge < -0.3 is 20.4 Å². The summed E-state index contributed by atoms with van der Waals surface area (Å²) in [7, 11) is 0. The van der Waals surface area contributed by atoms with Gasteiger partial charge in [0.15, 0.2) is 17.5 Å². The average Bonchev–Trinajstić information content (AvgIpc) is 2.72. The molecule has 8 nitrogen and oxygen atoms in total. The molecule has 29 heavy (non-hydrogen) atoms. The van der Waals surface area contributed by atoms with Crippen LogP contribution in [-0.2, 0) is 4.79 Å². The fraction of sp³-hybridized carbons (Fsp3) is 0.333. The van der Waals surface area contributed by atoms with E-state index >= 15 is 0 Å². The molecule has 0 bridgehead atoms. The van der Waals surface area contributed by atoms with E-state index < -0.39 is 35.4 Å². The molecule has 1 atom stereocenters. The number of piperazine rings is 1. The van der Waals surface area contributed by atoms with E-state index in [2.05, 4.69) is 20.6 Å². The molecule has 1 aliphatic heterocycles. The van der Waals surface area contributed by atoms with Gasteiger partial charge in [-0.05, 0) is 13.0 Å². The molecule has 11 heteroatoms. The number of nitrogens with one attached hydrogen (secondary N) is 2. The van der Waals surface area contributed by atoms with Crippen LogP contribution in [0.3, 0.4) is 0 Å². The van der Waals surface area contributed by atoms with Crippen molar-refractivity contribution in [1.82, 2.24) is 20.2 Å². The fourth-order valence-electron chi connectivity index (χ4n) is 2.78. The van der Waals surface area contributed by atoms with E-state index in [1.807, 2.05) is 4.90 Å². The second-order valence-corrected chi connectivity index (χ2v) is 6.44. The summed E-state index contributed by atoms with van der Waals surface area (Å²) in [5.41, 5.74) is -0.246. The van der Waals surface area contributed by atoms with Gasteiger partial charge in [-0.2, -0.15) is 0 Å². The predicted octanol–water partition coefficient (Wildman–Crippen LogP) is 1.75. The Morgan fingerprint density at radius 3 is 2.21 bits per heavy atom. The van der Waals surface area contributed by atoms with Crippen LogP contribution in [0.2, 0.25) is 0 Å². The average molecular weight is 408 g/mol. The van der Waals surface area contributed by atoms with E-state index in [0.29, 0.717) is 44.3 Å². The van der Waals surface area contributed by atoms with Crippen LogP contribution >= 0.6 is 0 Å². The molecule has 0 saturated carbocycles. The summed E-state index contributed by atoms with van der Waals surface area (Å²) in [4.78, 5) is 36.4. The number of halogens is 3. The minimum Gasteiger partial charge on any atom is -0.337 e. The lowest BCUT2D eigenvalue weighted by molar-refractivity contribution is -0.117. The Hall–Kier alpha value is -3.37. The maximum Gasteiger partial charge on any atom is 0.318 e. The van der Waals surface area contributed by atoms with Gasteiger partial charge in [-0.15, -0.1) is 0 Å². The highest BCUT2D eigenvalue weighted by Gasteiger charge is 2.25. The van der Waals surface area contributed by atoms with Gasteiger partial charge in [-0.25, -0.2) is 27.9 Å². The number of nitrogens with zero attached hydrogens (tertiary/aromatic N) is 4. The summed E-state index contributed by atoms with van der Waals surface area (Å²) in [5, 5.41) is 4.77. The Labute approximate surface area is 164 Å². The molecule has 0 spiro atoms. The minimum atomic E-state index is -1.62. The molecule has 1 aromatic heterocycles. The van der Waals surface area contributed by atoms with Crippen molar-refractivity contribution in [2.24, 2.45) is 0 Å². The van der Waals surface area contributed by atoms with Crippen LogP contribution in [-0.4, -0.2) is 59.0 Å². The zero-order chi connectivity index (χ0) is 21.0. The third-order valence-corrected chi connectivity index (χ3v) is 4.39. The molecule has 2 aromatic rings. The smallest absolute Gasteiger partial charge is 0.318 e. The van der Waals surface area contributed by atoms with Crippen molar-refractivity contribution in [1.29, 1.82) is 0 Å². The van der Waals surface area contributed by atoms with E-state index in [9.17, 15) is 22.8 Å². The van der Waals surface area contributed by atoms with Crippen LogP contribution in [0.5, 0.6) is 0 Å². The molecular formula is C18H19F3N6O2. The Kier molecular flexibility index (Phi) is 6.15. The minimum absolute atomic E-state index is 0.246. The van der Waals surface area contributed by atoms with Gasteiger partial charge in [0.25, 0.3) is 0 Å². The molecule has 154 valence electrons. The summed E-state index contributed by atoms with van der Waals surface area (Å²) in [6.07, 6.45) is 3.28. The normalized spacial score (nSPS) is 15.0. The van der Waals surface area contributed by atoms with E-state index in [-0.39, 0.29) is 5.69 Å². The third kappa shape index (κ3) is 4.92. The SMILES string of the molecule is C[C@H](NC(=O)N1CCN(c2ncccn2)CC1)C(=O)Nc1cc(F)c(F)c(F)c1. The third-order valence-electron chi connectivity index (χ3n) is 4.39. The predicted molar refractivity (Wildman–Crippen MR) is 98.8 cm³/mol. The standard InChI is InChI=1S/C18H19F3N6O2/c1-11(16(28)25-12-9-13(19)15(21)14(20)10-12)24-18(29)27-7-5-26(6-8-27)17-22-3-2-4-23-17/h2-4,9-11H,5-8H2,1H3,(H,24,29)(H,25,28)/t11-/m0/s1. The summed E-state index contributed by atoms with van der Waals surface area (Å²) < 4.78 is 39.5. The van der Waals surface area contributed by atoms with Crippen LogP contribution in [0.4, 0.5) is 29.6 Å². The van der Waals surface area contributed by atoms with E-state index in [1.54, 1.807) is 23.4 Å². The quantitative estimate of drug-likeness (QED) is 0.753. The first-order valence-corrected chi connectivity index (χ1v) is 8.88. The van der Waals surface area contributed by atoms with Crippen molar-refractivity contribution in [3.63, 3.8) is 0 Å². The Morgan fingerprint density at radius 1 is 1.03 bits per heavy atom. The van der Waals surface area contributed by atoms with E-state index in [0.717, 1.165) is 0 Å². The fourth-order valence-corrected chi connectivity index (χ4v) is 2.78. The zero-order valence-electron chi connectivity index (χ0n) is 15.5. The lowest BCUT2D eigenvalue weighted by atomic mass is 10.2. The molecule has 1 saturated heterocycles. The molecule has 2 heterocycles. The van der Waals surface area contributed by atoms with Crippen LogP contribution in [0.15, 0.2) is 30.6 Å². The highest BCUT2D eigenvalue weighted by Crippen LogP contribution is 2.17. The van der Waals surface area contributed by atoms with Crippen molar-refractivity contribution >= 4 is 23.6 Å². The molecule has 0 aliphatic carbocycles. The maximum atomic E-state index is 13.2. The van der Waals surface area contributed by atoms with Crippen LogP contribution < -0.4 is 15.5 Å². The Morgan fingerprint density at radius 2 is 1.62 bits per heavy atom. The van der Waals surface area contributed by atoms with Gasteiger partial charge in [0.05, 0.1) is 0 Å². The summed E-state index contributed by atoms with van der Waals surface area (Å²) in [5.74, 6) is -4.57. The van der Waals surface area contributed by atoms with Gasteiger partial charge in [0, 0.05) is 56.4 Å². The first-order chi connectivity index (χ1) is 13.8. The summed E-state index contributed by atoms with van der Waals surface area (Å²) in [6.45, 7) is 3.31. The lowest BCUT2D eigenvalue weighted by Gasteiger charge is -2.35. The molecule has 0 unspecified atom stereocenters. The van der Waals surface area contributed by atoms with Gasteiger partial charge in [0.1, 0.15) is 6.04 Å². The number of hydrogen-bond donors (Lipinski definition) is 2. The number of hydrogen-bond acceptors (Lipinski definition) is 5. The molecule has 2 N–H and O–H groups in total. The summed E-state index contributed by atoms with van der Waals surface area (Å²) >= 11 is 0. The molecule has 1 aliphatic rings. The van der Waals surface area contributed by atoms with Gasteiger partial charge >= 0.3 is 6.03 Å². The van der Waals surface area contributed by atoms with Crippen molar-refractivity contribution in [2.75, 3.05) is 36.4 Å². The molecule has 3 rings (SSSR count). The van der Waals surface area contributed by atoms with Crippen molar-refractivity contribution < 1.29 is 22.8 Å². The Bertz CT molecular complexity index is 867. The first kappa shape index (κ1) is 20.4. The second-order valence-electron chi connectivity index (χ2n) is 6.44. The Balaban J connectivity index is 1.51. The van der Waals surface area contributed by atoms with Crippen molar-refractivity contribution in [3.05, 3.63) is 48.0 Å². The topological polar surface area (TPSA) is 90.5 Å². The molecule has 3 amide bonds. The van der Waals surface area contributed by atoms with E-state index in [4.69, 9.17) is 0 Å². The van der Waals surface area contributed by atoms with Crippen molar-refractivity contribution in [2.45, 2.75) is 13.0 Å². The largest absolute Gasteiger partial charge is 0.337 e. The van der Waals surface area contributed by atoms with Gasteiger partial charge in [0.2, 0.25) is 11.9 Å². The number of anilines is 2. The number of benzene rings is 1. The maximum absolute atomic E-state index is 13.2. The number of amides is 3. The zero-order valence-corrected chi connectivity index (χ0v) is 15.5. The first-order valence-electron chi connectivity index (χ1n) is 8.88. The molecule has 1 aromatic carbocycles. The summed E-state index contributed by atoms with van der Waals surface area (Å²) in [6, 6.07) is 1.62. The molecule has 0 radical (unpaired) electrons. The molecule has 1 fully saturated rings. The number of urea groups is 1. The van der Waals surface area contributed by atoms with Gasteiger partial charge in [-0.3, -0.25) is 4.79 Å².